The zero-order valence-electron chi connectivity index (χ0n) is 21.8. The van der Waals surface area contributed by atoms with Crippen LogP contribution in [0, 0.1) is 6.92 Å². The number of aromatic nitrogens is 3. The SMILES string of the molecule is Cc1ccc(S(=O)(=O)NCCC[C@H](NC(=O)c2ccc(CCc3c[nH]c4nc(N)nc(N)c34)cc2)C(=O)O)cc1. The Morgan fingerprint density at radius 1 is 1.02 bits per heavy atom. The van der Waals surface area contributed by atoms with Gasteiger partial charge in [0.25, 0.3) is 5.91 Å². The van der Waals surface area contributed by atoms with Crippen LogP contribution in [0.1, 0.15) is 39.9 Å². The molecule has 0 spiro atoms. The molecule has 0 saturated heterocycles. The molecule has 0 saturated carbocycles. The van der Waals surface area contributed by atoms with Crippen LogP contribution in [-0.4, -0.2) is 52.9 Å². The standard InChI is InChI=1S/C27H31N7O5S/c1-16-4-12-20(13-5-16)40(38,39)31-14-2-3-21(26(36)37)32-25(35)18-9-6-17(7-10-18)8-11-19-15-30-24-22(19)23(28)33-27(29)34-24/h4-7,9-10,12-13,15,21,31H,2-3,8,11,14H2,1H3,(H,32,35)(H,36,37)(H5,28,29,30,33,34)/t21-/m0/s1. The van der Waals surface area contributed by atoms with Gasteiger partial charge in [0.05, 0.1) is 10.3 Å². The van der Waals surface area contributed by atoms with Crippen molar-refractivity contribution < 1.29 is 23.1 Å². The Labute approximate surface area is 231 Å². The predicted molar refractivity (Wildman–Crippen MR) is 151 cm³/mol. The van der Waals surface area contributed by atoms with E-state index in [1.165, 1.54) is 12.1 Å². The van der Waals surface area contributed by atoms with Gasteiger partial charge in [-0.3, -0.25) is 4.79 Å². The molecule has 0 unspecified atom stereocenters. The van der Waals surface area contributed by atoms with Crippen LogP contribution in [0.3, 0.4) is 0 Å². The van der Waals surface area contributed by atoms with Crippen molar-refractivity contribution in [1.82, 2.24) is 25.0 Å². The number of fused-ring (bicyclic) bond motifs is 1. The number of nitrogens with one attached hydrogen (secondary N) is 3. The second-order valence-electron chi connectivity index (χ2n) is 9.42. The normalized spacial score (nSPS) is 12.3. The molecule has 1 atom stereocenters. The molecule has 2 heterocycles. The lowest BCUT2D eigenvalue weighted by molar-refractivity contribution is -0.139. The molecule has 40 heavy (non-hydrogen) atoms. The number of hydrogen-bond donors (Lipinski definition) is 6. The van der Waals surface area contributed by atoms with Gasteiger partial charge < -0.3 is 26.9 Å². The van der Waals surface area contributed by atoms with E-state index in [0.717, 1.165) is 22.1 Å². The predicted octanol–water partition coefficient (Wildman–Crippen LogP) is 2.16. The Hall–Kier alpha value is -4.49. The number of H-pyrrole nitrogens is 1. The number of nitrogens with two attached hydrogens (primary N) is 2. The molecule has 2 aromatic carbocycles. The number of carboxylic acids is 1. The minimum Gasteiger partial charge on any atom is -0.480 e. The molecule has 1 amide bonds. The number of carbonyl (C=O) groups excluding carboxylic acids is 1. The summed E-state index contributed by atoms with van der Waals surface area (Å²) in [5.74, 6) is -1.32. The molecule has 13 heteroatoms. The highest BCUT2D eigenvalue weighted by Crippen LogP contribution is 2.24. The van der Waals surface area contributed by atoms with E-state index in [4.69, 9.17) is 11.5 Å². The minimum absolute atomic E-state index is 0.0339. The number of nitrogens with zero attached hydrogens (tertiary/aromatic N) is 2. The fourth-order valence-electron chi connectivity index (χ4n) is 4.26. The smallest absolute Gasteiger partial charge is 0.326 e. The Kier molecular flexibility index (Phi) is 8.65. The van der Waals surface area contributed by atoms with Crippen molar-refractivity contribution in [1.29, 1.82) is 0 Å². The second kappa shape index (κ2) is 12.1. The molecule has 12 nitrogen and oxygen atoms in total. The molecule has 0 aliphatic carbocycles. The largest absolute Gasteiger partial charge is 0.480 e. The molecular weight excluding hydrogens is 534 g/mol. The van der Waals surface area contributed by atoms with Crippen LogP contribution in [0.2, 0.25) is 0 Å². The van der Waals surface area contributed by atoms with Gasteiger partial charge in [-0.1, -0.05) is 29.8 Å². The molecule has 4 rings (SSSR count). The fraction of sp³-hybridized carbons (Fsp3) is 0.259. The van der Waals surface area contributed by atoms with Crippen LogP contribution >= 0.6 is 0 Å². The van der Waals surface area contributed by atoms with Crippen LogP contribution in [0.25, 0.3) is 11.0 Å². The van der Waals surface area contributed by atoms with Crippen molar-refractivity contribution in [3.63, 3.8) is 0 Å². The summed E-state index contributed by atoms with van der Waals surface area (Å²) in [6, 6.07) is 12.1. The summed E-state index contributed by atoms with van der Waals surface area (Å²) in [5, 5.41) is 12.8. The number of aromatic amines is 1. The lowest BCUT2D eigenvalue weighted by atomic mass is 10.0. The van der Waals surface area contributed by atoms with Gasteiger partial charge in [0.2, 0.25) is 16.0 Å². The number of nitrogen functional groups attached to an aromatic ring is 2. The third-order valence-electron chi connectivity index (χ3n) is 6.45. The van der Waals surface area contributed by atoms with Crippen molar-refractivity contribution in [3.05, 3.63) is 77.0 Å². The van der Waals surface area contributed by atoms with E-state index in [1.54, 1.807) is 36.4 Å². The first kappa shape index (κ1) is 28.5. The van der Waals surface area contributed by atoms with Crippen molar-refractivity contribution in [2.75, 3.05) is 18.0 Å². The van der Waals surface area contributed by atoms with Gasteiger partial charge >= 0.3 is 5.97 Å². The van der Waals surface area contributed by atoms with Crippen LogP contribution in [0.5, 0.6) is 0 Å². The number of carbonyl (C=O) groups is 2. The maximum absolute atomic E-state index is 12.7. The van der Waals surface area contributed by atoms with E-state index in [-0.39, 0.29) is 30.2 Å². The van der Waals surface area contributed by atoms with E-state index >= 15 is 0 Å². The highest BCUT2D eigenvalue weighted by molar-refractivity contribution is 7.89. The third-order valence-corrected chi connectivity index (χ3v) is 7.93. The molecule has 0 fully saturated rings. The Morgan fingerprint density at radius 2 is 1.73 bits per heavy atom. The number of hydrogen-bond acceptors (Lipinski definition) is 8. The van der Waals surface area contributed by atoms with Crippen LogP contribution in [0.4, 0.5) is 11.8 Å². The lowest BCUT2D eigenvalue weighted by Crippen LogP contribution is -2.41. The number of anilines is 2. The zero-order chi connectivity index (χ0) is 28.9. The van der Waals surface area contributed by atoms with Gasteiger partial charge in [-0.05, 0) is 68.0 Å². The number of rotatable bonds is 12. The number of benzene rings is 2. The highest BCUT2D eigenvalue weighted by Gasteiger charge is 2.21. The molecule has 0 aliphatic heterocycles. The molecule has 210 valence electrons. The number of amides is 1. The van der Waals surface area contributed by atoms with Crippen LogP contribution in [-0.2, 0) is 27.7 Å². The molecule has 2 aromatic heterocycles. The summed E-state index contributed by atoms with van der Waals surface area (Å²) >= 11 is 0. The Balaban J connectivity index is 1.28. The highest BCUT2D eigenvalue weighted by atomic mass is 32.2. The van der Waals surface area contributed by atoms with Crippen molar-refractivity contribution in [2.45, 2.75) is 43.5 Å². The van der Waals surface area contributed by atoms with Crippen LogP contribution in [0.15, 0.2) is 59.6 Å². The monoisotopic (exact) mass is 565 g/mol. The number of aliphatic carboxylic acids is 1. The molecule has 4 aromatic rings. The maximum atomic E-state index is 12.7. The Morgan fingerprint density at radius 3 is 2.40 bits per heavy atom. The first-order valence-corrected chi connectivity index (χ1v) is 14.1. The lowest BCUT2D eigenvalue weighted by Gasteiger charge is -2.15. The van der Waals surface area contributed by atoms with E-state index in [2.05, 4.69) is 25.0 Å². The molecule has 0 aliphatic rings. The van der Waals surface area contributed by atoms with Gasteiger partial charge in [-0.25, -0.2) is 17.9 Å². The fourth-order valence-corrected chi connectivity index (χ4v) is 5.33. The second-order valence-corrected chi connectivity index (χ2v) is 11.2. The summed E-state index contributed by atoms with van der Waals surface area (Å²) < 4.78 is 27.3. The summed E-state index contributed by atoms with van der Waals surface area (Å²) in [6.45, 7) is 1.89. The number of aryl methyl sites for hydroxylation is 3. The van der Waals surface area contributed by atoms with Crippen molar-refractivity contribution in [3.8, 4) is 0 Å². The minimum atomic E-state index is -3.70. The average Bonchev–Trinajstić information content (AvgIpc) is 3.32. The zero-order valence-corrected chi connectivity index (χ0v) is 22.7. The van der Waals surface area contributed by atoms with Gasteiger partial charge in [0, 0.05) is 18.3 Å². The van der Waals surface area contributed by atoms with Crippen molar-refractivity contribution >= 4 is 44.7 Å². The summed E-state index contributed by atoms with van der Waals surface area (Å²) in [6.07, 6.45) is 3.40. The first-order chi connectivity index (χ1) is 19.0. The van der Waals surface area contributed by atoms with E-state index in [1.807, 2.05) is 13.1 Å². The van der Waals surface area contributed by atoms with E-state index in [9.17, 15) is 23.1 Å². The van der Waals surface area contributed by atoms with E-state index < -0.39 is 27.9 Å². The summed E-state index contributed by atoms with van der Waals surface area (Å²) in [5.41, 5.74) is 15.4. The average molecular weight is 566 g/mol. The molecular formula is C27H31N7O5S. The summed E-state index contributed by atoms with van der Waals surface area (Å²) in [4.78, 5) is 35.8. The van der Waals surface area contributed by atoms with Crippen LogP contribution < -0.4 is 21.5 Å². The molecule has 0 bridgehead atoms. The Bertz CT molecular complexity index is 1620. The molecule has 8 N–H and O–H groups in total. The summed E-state index contributed by atoms with van der Waals surface area (Å²) in [7, 11) is -3.70. The number of carboxylic acid groups (broad SMARTS) is 1. The van der Waals surface area contributed by atoms with Gasteiger partial charge in [0.15, 0.2) is 0 Å². The maximum Gasteiger partial charge on any atom is 0.326 e. The number of sulfonamides is 1. The third kappa shape index (κ3) is 6.93. The quantitative estimate of drug-likeness (QED) is 0.139. The molecule has 0 radical (unpaired) electrons. The first-order valence-electron chi connectivity index (χ1n) is 12.6. The van der Waals surface area contributed by atoms with Gasteiger partial charge in [-0.15, -0.1) is 0 Å². The van der Waals surface area contributed by atoms with E-state index in [0.29, 0.717) is 29.9 Å². The van der Waals surface area contributed by atoms with Gasteiger partial charge in [-0.2, -0.15) is 9.97 Å². The topological polar surface area (TPSA) is 206 Å². The van der Waals surface area contributed by atoms with Crippen molar-refractivity contribution in [2.24, 2.45) is 0 Å². The van der Waals surface area contributed by atoms with Gasteiger partial charge in [0.1, 0.15) is 17.5 Å².